The second kappa shape index (κ2) is 8.79. The van der Waals surface area contributed by atoms with Crippen molar-refractivity contribution in [1.29, 1.82) is 0 Å². The van der Waals surface area contributed by atoms with Crippen LogP contribution in [0, 0.1) is 11.3 Å². The zero-order valence-electron chi connectivity index (χ0n) is 21.9. The highest BCUT2D eigenvalue weighted by Crippen LogP contribution is 2.62. The number of hydrogen-bond donors (Lipinski definition) is 1. The molecule has 1 atom stereocenters. The molecule has 2 aliphatic carbocycles. The first kappa shape index (κ1) is 25.8. The Bertz CT molecular complexity index is 1500. The number of carbonyl (C=O) groups is 1. The summed E-state index contributed by atoms with van der Waals surface area (Å²) in [7, 11) is -7.11. The molecule has 2 aliphatic heterocycles. The van der Waals surface area contributed by atoms with Gasteiger partial charge in [0.2, 0.25) is 20.0 Å². The number of hydrogen-bond acceptors (Lipinski definition) is 5. The van der Waals surface area contributed by atoms with Crippen molar-refractivity contribution >= 4 is 37.3 Å². The maximum atomic E-state index is 13.9. The monoisotopic (exact) mass is 557 g/mol. The van der Waals surface area contributed by atoms with E-state index in [1.807, 2.05) is 19.1 Å². The van der Waals surface area contributed by atoms with Crippen molar-refractivity contribution in [2.45, 2.75) is 62.2 Å². The summed E-state index contributed by atoms with van der Waals surface area (Å²) in [6, 6.07) is 11.8. The van der Waals surface area contributed by atoms with Gasteiger partial charge >= 0.3 is 0 Å². The lowest BCUT2D eigenvalue weighted by atomic mass is 9.66. The van der Waals surface area contributed by atoms with Crippen LogP contribution in [-0.2, 0) is 25.5 Å². The normalized spacial score (nSPS) is 24.1. The Kier molecular flexibility index (Phi) is 5.97. The smallest absolute Gasteiger partial charge is 0.258 e. The summed E-state index contributed by atoms with van der Waals surface area (Å²) in [5.41, 5.74) is 2.85. The Morgan fingerprint density at radius 1 is 0.974 bits per heavy atom. The molecule has 1 unspecified atom stereocenters. The van der Waals surface area contributed by atoms with Gasteiger partial charge in [0, 0.05) is 42.0 Å². The number of amides is 1. The Morgan fingerprint density at radius 2 is 1.68 bits per heavy atom. The quantitative estimate of drug-likeness (QED) is 0.589. The van der Waals surface area contributed by atoms with Crippen molar-refractivity contribution < 1.29 is 21.6 Å². The van der Waals surface area contributed by atoms with Gasteiger partial charge in [0.05, 0.1) is 11.2 Å². The molecule has 2 heterocycles. The van der Waals surface area contributed by atoms with Crippen molar-refractivity contribution in [3.63, 3.8) is 0 Å². The van der Waals surface area contributed by atoms with Crippen LogP contribution in [0.1, 0.15) is 67.8 Å². The van der Waals surface area contributed by atoms with Crippen LogP contribution in [0.15, 0.2) is 47.4 Å². The Labute approximate surface area is 225 Å². The van der Waals surface area contributed by atoms with Crippen LogP contribution in [0.3, 0.4) is 0 Å². The molecule has 0 aromatic heterocycles. The zero-order chi connectivity index (χ0) is 26.9. The maximum absolute atomic E-state index is 13.9. The van der Waals surface area contributed by atoms with Gasteiger partial charge in [0.15, 0.2) is 0 Å². The summed E-state index contributed by atoms with van der Waals surface area (Å²) in [6.07, 6.45) is 8.63. The van der Waals surface area contributed by atoms with Crippen molar-refractivity contribution in [1.82, 2.24) is 4.31 Å². The lowest BCUT2D eigenvalue weighted by Gasteiger charge is -2.38. The first-order valence-corrected chi connectivity index (χ1v) is 16.8. The molecule has 1 saturated heterocycles. The molecular weight excluding hydrogens is 522 g/mol. The average Bonchev–Trinajstić information content (AvgIpc) is 3.36. The third kappa shape index (κ3) is 4.54. The van der Waals surface area contributed by atoms with Crippen LogP contribution in [0.5, 0.6) is 0 Å². The standard InChI is InChI=1S/C28H35N3O5S2/c1-20-8-15-30(18-20)38(35,36)23-5-3-4-21(16-23)26(32)31-19-28(13-11-27(9-10-27)12-14-28)24-17-22(6-7-25(24)31)29-37(2,33)34/h3-7,16-17,20,29H,8-15,18-19H2,1-2H3. The van der Waals surface area contributed by atoms with E-state index in [4.69, 9.17) is 0 Å². The molecule has 2 spiro atoms. The molecule has 8 nitrogen and oxygen atoms in total. The van der Waals surface area contributed by atoms with Crippen LogP contribution in [0.4, 0.5) is 11.4 Å². The molecule has 2 saturated carbocycles. The van der Waals surface area contributed by atoms with E-state index in [2.05, 4.69) is 4.72 Å². The summed E-state index contributed by atoms with van der Waals surface area (Å²) < 4.78 is 54.5. The number of fused-ring (bicyclic) bond motifs is 2. The van der Waals surface area contributed by atoms with Crippen LogP contribution >= 0.6 is 0 Å². The van der Waals surface area contributed by atoms with Gasteiger partial charge in [-0.3, -0.25) is 9.52 Å². The van der Waals surface area contributed by atoms with Gasteiger partial charge in [0.1, 0.15) is 0 Å². The van der Waals surface area contributed by atoms with E-state index in [0.717, 1.165) is 49.6 Å². The minimum absolute atomic E-state index is 0.146. The Morgan fingerprint density at radius 3 is 2.32 bits per heavy atom. The predicted molar refractivity (Wildman–Crippen MR) is 147 cm³/mol. The third-order valence-electron chi connectivity index (χ3n) is 9.20. The molecule has 3 fully saturated rings. The first-order chi connectivity index (χ1) is 17.9. The van der Waals surface area contributed by atoms with E-state index in [1.165, 1.54) is 23.2 Å². The zero-order valence-corrected chi connectivity index (χ0v) is 23.6. The summed E-state index contributed by atoms with van der Waals surface area (Å²) >= 11 is 0. The van der Waals surface area contributed by atoms with E-state index in [0.29, 0.717) is 42.2 Å². The Hall–Kier alpha value is -2.43. The van der Waals surface area contributed by atoms with Gasteiger partial charge in [-0.1, -0.05) is 13.0 Å². The molecule has 204 valence electrons. The van der Waals surface area contributed by atoms with E-state index in [-0.39, 0.29) is 16.2 Å². The fourth-order valence-corrected chi connectivity index (χ4v) is 8.87. The number of nitrogens with zero attached hydrogens (tertiary/aromatic N) is 2. The molecule has 1 N–H and O–H groups in total. The minimum Gasteiger partial charge on any atom is -0.307 e. The van der Waals surface area contributed by atoms with E-state index < -0.39 is 20.0 Å². The summed E-state index contributed by atoms with van der Waals surface area (Å²) in [5.74, 6) is 0.0877. The summed E-state index contributed by atoms with van der Waals surface area (Å²) in [4.78, 5) is 15.9. The minimum atomic E-state index is -3.67. The van der Waals surface area contributed by atoms with Gasteiger partial charge in [-0.05, 0) is 98.2 Å². The van der Waals surface area contributed by atoms with Gasteiger partial charge in [-0.15, -0.1) is 0 Å². The SMILES string of the molecule is CC1CCN(S(=O)(=O)c2cccc(C(=O)N3CC4(CCC5(CC5)CC4)c4cc(NS(C)(=O)=O)ccc43)c2)C1. The topological polar surface area (TPSA) is 104 Å². The van der Waals surface area contributed by atoms with Crippen molar-refractivity contribution in [3.8, 4) is 0 Å². The van der Waals surface area contributed by atoms with Crippen molar-refractivity contribution in [3.05, 3.63) is 53.6 Å². The van der Waals surface area contributed by atoms with E-state index >= 15 is 0 Å². The van der Waals surface area contributed by atoms with Crippen molar-refractivity contribution in [2.24, 2.45) is 11.3 Å². The second-order valence-corrected chi connectivity index (χ2v) is 15.7. The molecule has 38 heavy (non-hydrogen) atoms. The van der Waals surface area contributed by atoms with E-state index in [9.17, 15) is 21.6 Å². The second-order valence-electron chi connectivity index (χ2n) is 12.1. The number of anilines is 2. The average molecular weight is 558 g/mol. The number of sulfonamides is 2. The Balaban J connectivity index is 1.34. The van der Waals surface area contributed by atoms with Gasteiger partial charge in [-0.25, -0.2) is 16.8 Å². The van der Waals surface area contributed by atoms with E-state index in [1.54, 1.807) is 29.2 Å². The molecule has 10 heteroatoms. The van der Waals surface area contributed by atoms with Crippen molar-refractivity contribution in [2.75, 3.05) is 35.5 Å². The highest BCUT2D eigenvalue weighted by molar-refractivity contribution is 7.92. The van der Waals surface area contributed by atoms with Gasteiger partial charge in [0.25, 0.3) is 5.91 Å². The summed E-state index contributed by atoms with van der Waals surface area (Å²) in [5, 5.41) is 0. The highest BCUT2D eigenvalue weighted by atomic mass is 32.2. The van der Waals surface area contributed by atoms with Crippen LogP contribution in [0.2, 0.25) is 0 Å². The molecular formula is C28H35N3O5S2. The fraction of sp³-hybridized carbons (Fsp3) is 0.536. The fourth-order valence-electron chi connectivity index (χ4n) is 6.70. The van der Waals surface area contributed by atoms with Gasteiger partial charge in [-0.2, -0.15) is 4.31 Å². The largest absolute Gasteiger partial charge is 0.307 e. The molecule has 6 rings (SSSR count). The number of benzene rings is 2. The van der Waals surface area contributed by atoms with Gasteiger partial charge < -0.3 is 4.90 Å². The number of rotatable bonds is 5. The maximum Gasteiger partial charge on any atom is 0.258 e. The molecule has 1 amide bonds. The summed E-state index contributed by atoms with van der Waals surface area (Å²) in [6.45, 7) is 3.55. The lowest BCUT2D eigenvalue weighted by molar-refractivity contribution is 0.0980. The number of carbonyl (C=O) groups excluding carboxylic acids is 1. The van der Waals surface area contributed by atoms with Crippen LogP contribution in [0.25, 0.3) is 0 Å². The highest BCUT2D eigenvalue weighted by Gasteiger charge is 2.53. The first-order valence-electron chi connectivity index (χ1n) is 13.4. The van der Waals surface area contributed by atoms with Crippen LogP contribution < -0.4 is 9.62 Å². The molecule has 0 radical (unpaired) electrons. The molecule has 4 aliphatic rings. The van der Waals surface area contributed by atoms with Crippen LogP contribution in [-0.4, -0.2) is 52.9 Å². The number of nitrogens with one attached hydrogen (secondary N) is 1. The molecule has 0 bridgehead atoms. The molecule has 2 aromatic rings. The predicted octanol–water partition coefficient (Wildman–Crippen LogP) is 4.34. The lowest BCUT2D eigenvalue weighted by Crippen LogP contribution is -2.40. The molecule has 2 aromatic carbocycles. The third-order valence-corrected chi connectivity index (χ3v) is 11.7.